The Labute approximate surface area is 127 Å². The van der Waals surface area contributed by atoms with Gasteiger partial charge in [-0.3, -0.25) is 4.79 Å². The Bertz CT molecular complexity index is 419. The number of hydrogen-bond acceptors (Lipinski definition) is 4. The Kier molecular flexibility index (Phi) is 7.40. The Balaban J connectivity index is 2.78. The van der Waals surface area contributed by atoms with Crippen LogP contribution in [-0.4, -0.2) is 24.7 Å². The van der Waals surface area contributed by atoms with E-state index in [2.05, 4.69) is 13.8 Å². The van der Waals surface area contributed by atoms with E-state index < -0.39 is 12.0 Å². The zero-order valence-electron chi connectivity index (χ0n) is 13.4. The van der Waals surface area contributed by atoms with Gasteiger partial charge in [-0.1, -0.05) is 50.6 Å². The van der Waals surface area contributed by atoms with Gasteiger partial charge in [0.15, 0.2) is 0 Å². The molecule has 0 aromatic heterocycles. The molecule has 0 heterocycles. The molecule has 0 aliphatic rings. The topological polar surface area (TPSA) is 61.5 Å². The van der Waals surface area contributed by atoms with Crippen LogP contribution in [0, 0.1) is 5.92 Å². The molecular formula is C17H27NO3. The van der Waals surface area contributed by atoms with Crippen LogP contribution in [0.1, 0.15) is 45.8 Å². The smallest absolute Gasteiger partial charge is 0.322 e. The maximum atomic E-state index is 11.7. The minimum Gasteiger partial charge on any atom is -0.458 e. The summed E-state index contributed by atoms with van der Waals surface area (Å²) in [5.41, 5.74) is 6.56. The van der Waals surface area contributed by atoms with Crippen LogP contribution < -0.4 is 5.73 Å². The van der Waals surface area contributed by atoms with Crippen LogP contribution in [0.25, 0.3) is 0 Å². The molecule has 0 amide bonds. The summed E-state index contributed by atoms with van der Waals surface area (Å²) in [7, 11) is 0. The van der Waals surface area contributed by atoms with Gasteiger partial charge in [-0.15, -0.1) is 0 Å². The molecule has 0 aliphatic heterocycles. The summed E-state index contributed by atoms with van der Waals surface area (Å²) >= 11 is 0. The second kappa shape index (κ2) is 8.80. The van der Waals surface area contributed by atoms with Crippen LogP contribution in [0.2, 0.25) is 0 Å². The minimum absolute atomic E-state index is 0.275. The van der Waals surface area contributed by atoms with Crippen LogP contribution in [0.4, 0.5) is 0 Å². The van der Waals surface area contributed by atoms with E-state index in [0.29, 0.717) is 12.5 Å². The largest absolute Gasteiger partial charge is 0.458 e. The molecule has 118 valence electrons. The van der Waals surface area contributed by atoms with Gasteiger partial charge >= 0.3 is 5.97 Å². The predicted molar refractivity (Wildman–Crippen MR) is 83.8 cm³/mol. The monoisotopic (exact) mass is 293 g/mol. The van der Waals surface area contributed by atoms with Crippen LogP contribution in [0.5, 0.6) is 0 Å². The molecule has 0 saturated heterocycles. The number of benzene rings is 1. The van der Waals surface area contributed by atoms with Crippen molar-refractivity contribution in [1.29, 1.82) is 0 Å². The molecule has 21 heavy (non-hydrogen) atoms. The van der Waals surface area contributed by atoms with Crippen LogP contribution >= 0.6 is 0 Å². The average molecular weight is 293 g/mol. The molecule has 2 N–H and O–H groups in total. The van der Waals surface area contributed by atoms with E-state index in [1.807, 2.05) is 37.3 Å². The van der Waals surface area contributed by atoms with E-state index in [1.165, 1.54) is 0 Å². The summed E-state index contributed by atoms with van der Waals surface area (Å²) in [5.74, 6) is 0.0584. The fraction of sp³-hybridized carbons (Fsp3) is 0.588. The molecule has 4 heteroatoms. The van der Waals surface area contributed by atoms with E-state index in [0.717, 1.165) is 12.0 Å². The number of nitrogens with two attached hydrogens (primary N) is 1. The number of hydrogen-bond donors (Lipinski definition) is 1. The second-order valence-electron chi connectivity index (χ2n) is 5.61. The summed E-state index contributed by atoms with van der Waals surface area (Å²) in [6.45, 7) is 8.36. The van der Waals surface area contributed by atoms with Gasteiger partial charge in [0.2, 0.25) is 0 Å². The summed E-state index contributed by atoms with van der Waals surface area (Å²) in [5, 5.41) is 0. The summed E-state index contributed by atoms with van der Waals surface area (Å²) in [6.07, 6.45) is 0.396. The third-order valence-electron chi connectivity index (χ3n) is 3.49. The van der Waals surface area contributed by atoms with Crippen molar-refractivity contribution < 1.29 is 14.3 Å². The molecule has 4 nitrogen and oxygen atoms in total. The first-order valence-corrected chi connectivity index (χ1v) is 7.58. The lowest BCUT2D eigenvalue weighted by molar-refractivity contribution is -0.158. The van der Waals surface area contributed by atoms with Crippen molar-refractivity contribution in [2.45, 2.75) is 52.4 Å². The number of esters is 1. The quantitative estimate of drug-likeness (QED) is 0.748. The number of ether oxygens (including phenoxy) is 2. The highest BCUT2D eigenvalue weighted by Gasteiger charge is 2.25. The van der Waals surface area contributed by atoms with Gasteiger partial charge in [-0.05, 0) is 25.3 Å². The predicted octanol–water partition coefficient (Wildman–Crippen LogP) is 3.07. The van der Waals surface area contributed by atoms with E-state index in [9.17, 15) is 4.79 Å². The maximum absolute atomic E-state index is 11.7. The van der Waals surface area contributed by atoms with Crippen LogP contribution in [0.3, 0.4) is 0 Å². The molecule has 0 fully saturated rings. The molecule has 0 aliphatic carbocycles. The summed E-state index contributed by atoms with van der Waals surface area (Å²) < 4.78 is 11.4. The Morgan fingerprint density at radius 1 is 1.19 bits per heavy atom. The molecule has 0 radical (unpaired) electrons. The summed E-state index contributed by atoms with van der Waals surface area (Å²) in [6, 6.07) is 9.20. The molecule has 1 aromatic carbocycles. The second-order valence-corrected chi connectivity index (χ2v) is 5.61. The highest BCUT2D eigenvalue weighted by atomic mass is 16.6. The molecular weight excluding hydrogens is 266 g/mol. The van der Waals surface area contributed by atoms with E-state index in [4.69, 9.17) is 15.2 Å². The van der Waals surface area contributed by atoms with E-state index >= 15 is 0 Å². The van der Waals surface area contributed by atoms with Gasteiger partial charge in [0.1, 0.15) is 18.2 Å². The first kappa shape index (κ1) is 17.7. The van der Waals surface area contributed by atoms with Gasteiger partial charge in [0.05, 0.1) is 6.61 Å². The highest BCUT2D eigenvalue weighted by Crippen LogP contribution is 2.24. The zero-order chi connectivity index (χ0) is 15.8. The van der Waals surface area contributed by atoms with Crippen LogP contribution in [-0.2, 0) is 14.3 Å². The molecule has 0 saturated carbocycles. The van der Waals surface area contributed by atoms with Gasteiger partial charge < -0.3 is 15.2 Å². The van der Waals surface area contributed by atoms with Crippen molar-refractivity contribution in [2.75, 3.05) is 6.61 Å². The lowest BCUT2D eigenvalue weighted by atomic mass is 10.0. The van der Waals surface area contributed by atoms with Gasteiger partial charge in [0.25, 0.3) is 0 Å². The minimum atomic E-state index is -0.626. The highest BCUT2D eigenvalue weighted by molar-refractivity contribution is 5.75. The van der Waals surface area contributed by atoms with E-state index in [1.54, 1.807) is 6.92 Å². The SMILES string of the molecule is CCC(C)CO[C@H](c1ccccc1)[C@H](C)OC(=O)[C@H](C)N. The normalized spacial score (nSPS) is 16.8. The van der Waals surface area contributed by atoms with Gasteiger partial charge in [-0.25, -0.2) is 0 Å². The number of carbonyl (C=O) groups excluding carboxylic acids is 1. The third kappa shape index (κ3) is 5.86. The Morgan fingerprint density at radius 3 is 2.33 bits per heavy atom. The van der Waals surface area contributed by atoms with Gasteiger partial charge in [-0.2, -0.15) is 0 Å². The molecule has 1 rings (SSSR count). The lowest BCUT2D eigenvalue weighted by Crippen LogP contribution is -2.34. The van der Waals surface area contributed by atoms with Crippen molar-refractivity contribution >= 4 is 5.97 Å². The van der Waals surface area contributed by atoms with Crippen LogP contribution in [0.15, 0.2) is 30.3 Å². The first-order valence-electron chi connectivity index (χ1n) is 7.58. The lowest BCUT2D eigenvalue weighted by Gasteiger charge is -2.26. The Morgan fingerprint density at radius 2 is 1.81 bits per heavy atom. The average Bonchev–Trinajstić information content (AvgIpc) is 2.48. The number of carbonyl (C=O) groups is 1. The van der Waals surface area contributed by atoms with Crippen molar-refractivity contribution in [1.82, 2.24) is 0 Å². The van der Waals surface area contributed by atoms with Crippen molar-refractivity contribution in [2.24, 2.45) is 11.7 Å². The standard InChI is InChI=1S/C17H27NO3/c1-5-12(2)11-20-16(15-9-7-6-8-10-15)14(4)21-17(19)13(3)18/h6-10,12-14,16H,5,11,18H2,1-4H3/t12?,13-,14-,16-/m0/s1. The molecule has 0 bridgehead atoms. The molecule has 1 aromatic rings. The molecule has 0 spiro atoms. The fourth-order valence-corrected chi connectivity index (χ4v) is 1.88. The molecule has 4 atom stereocenters. The number of rotatable bonds is 8. The Hall–Kier alpha value is -1.39. The fourth-order valence-electron chi connectivity index (χ4n) is 1.88. The van der Waals surface area contributed by atoms with Gasteiger partial charge in [0, 0.05) is 0 Å². The van der Waals surface area contributed by atoms with Crippen molar-refractivity contribution in [3.05, 3.63) is 35.9 Å². The zero-order valence-corrected chi connectivity index (χ0v) is 13.4. The van der Waals surface area contributed by atoms with Crippen molar-refractivity contribution in [3.63, 3.8) is 0 Å². The third-order valence-corrected chi connectivity index (χ3v) is 3.49. The first-order chi connectivity index (χ1) is 9.95. The van der Waals surface area contributed by atoms with Crippen molar-refractivity contribution in [3.8, 4) is 0 Å². The summed E-state index contributed by atoms with van der Waals surface area (Å²) in [4.78, 5) is 11.7. The maximum Gasteiger partial charge on any atom is 0.322 e. The molecule has 1 unspecified atom stereocenters. The van der Waals surface area contributed by atoms with E-state index in [-0.39, 0.29) is 12.2 Å².